The maximum Gasteiger partial charge on any atom is 0.154 e. The Morgan fingerprint density at radius 2 is 2.50 bits per heavy atom. The van der Waals surface area contributed by atoms with Gasteiger partial charge in [0.05, 0.1) is 12.3 Å². The van der Waals surface area contributed by atoms with Gasteiger partial charge < -0.3 is 4.55 Å². The van der Waals surface area contributed by atoms with Gasteiger partial charge in [-0.25, -0.2) is 8.89 Å². The second-order valence-electron chi connectivity index (χ2n) is 1.60. The molecule has 1 rings (SSSR count). The van der Waals surface area contributed by atoms with Crippen molar-refractivity contribution < 1.29 is 8.76 Å². The monoisotopic (exact) mass is 162 g/mol. The lowest BCUT2D eigenvalue weighted by molar-refractivity contribution is 0.548. The lowest BCUT2D eigenvalue weighted by Gasteiger charge is -1.92. The van der Waals surface area contributed by atoms with Crippen molar-refractivity contribution in [1.29, 1.82) is 0 Å². The molecule has 10 heavy (non-hydrogen) atoms. The Balaban J connectivity index is 2.35. The minimum Gasteiger partial charge on any atom is -0.306 e. The zero-order valence-electron chi connectivity index (χ0n) is 5.04. The highest BCUT2D eigenvalue weighted by Crippen LogP contribution is 1.80. The van der Waals surface area contributed by atoms with E-state index in [1.807, 2.05) is 0 Å². The molecule has 0 aliphatic heterocycles. The molecule has 1 N–H and O–H groups in total. The summed E-state index contributed by atoms with van der Waals surface area (Å²) in [6.45, 7) is 0.371. The standard InChI is InChI=1S/C3H6N4O2S/c8-10(9)2-1-7-3-4-5-6-7/h3H,1-2H2,(H,8,9). The molecule has 1 aromatic heterocycles. The van der Waals surface area contributed by atoms with E-state index in [2.05, 4.69) is 15.5 Å². The second-order valence-corrected chi connectivity index (χ2v) is 2.65. The lowest BCUT2D eigenvalue weighted by atomic mass is 10.8. The zero-order valence-corrected chi connectivity index (χ0v) is 5.86. The Bertz CT molecular complexity index is 210. The van der Waals surface area contributed by atoms with Crippen molar-refractivity contribution in [2.24, 2.45) is 0 Å². The van der Waals surface area contributed by atoms with Gasteiger partial charge in [0, 0.05) is 0 Å². The van der Waals surface area contributed by atoms with E-state index in [0.29, 0.717) is 6.54 Å². The molecule has 1 heterocycles. The van der Waals surface area contributed by atoms with Gasteiger partial charge in [-0.05, 0) is 10.4 Å². The fourth-order valence-corrected chi connectivity index (χ4v) is 0.798. The van der Waals surface area contributed by atoms with Gasteiger partial charge in [0.1, 0.15) is 6.33 Å². The van der Waals surface area contributed by atoms with Gasteiger partial charge in [-0.15, -0.1) is 5.10 Å². The van der Waals surface area contributed by atoms with Gasteiger partial charge in [0.15, 0.2) is 11.1 Å². The van der Waals surface area contributed by atoms with E-state index >= 15 is 0 Å². The molecule has 0 bridgehead atoms. The van der Waals surface area contributed by atoms with Crippen LogP contribution in [0.5, 0.6) is 0 Å². The first kappa shape index (κ1) is 7.29. The van der Waals surface area contributed by atoms with E-state index in [1.54, 1.807) is 0 Å². The molecule has 1 unspecified atom stereocenters. The van der Waals surface area contributed by atoms with Gasteiger partial charge in [-0.2, -0.15) is 0 Å². The highest BCUT2D eigenvalue weighted by atomic mass is 32.2. The molecule has 0 spiro atoms. The van der Waals surface area contributed by atoms with Crippen molar-refractivity contribution in [3.8, 4) is 0 Å². The third-order valence-corrected chi connectivity index (χ3v) is 1.42. The van der Waals surface area contributed by atoms with E-state index in [9.17, 15) is 4.21 Å². The van der Waals surface area contributed by atoms with E-state index in [4.69, 9.17) is 4.55 Å². The number of tetrazole rings is 1. The fraction of sp³-hybridized carbons (Fsp3) is 0.667. The Labute approximate surface area is 59.5 Å². The largest absolute Gasteiger partial charge is 0.306 e. The van der Waals surface area contributed by atoms with E-state index < -0.39 is 11.1 Å². The Morgan fingerprint density at radius 3 is 3.00 bits per heavy atom. The quantitative estimate of drug-likeness (QED) is 0.570. The minimum absolute atomic E-state index is 0.158. The lowest BCUT2D eigenvalue weighted by Crippen LogP contribution is -2.07. The van der Waals surface area contributed by atoms with E-state index in [0.717, 1.165) is 0 Å². The first-order valence-electron chi connectivity index (χ1n) is 2.57. The van der Waals surface area contributed by atoms with Gasteiger partial charge >= 0.3 is 0 Å². The van der Waals surface area contributed by atoms with Crippen molar-refractivity contribution in [1.82, 2.24) is 20.2 Å². The van der Waals surface area contributed by atoms with Crippen LogP contribution in [0.2, 0.25) is 0 Å². The third-order valence-electron chi connectivity index (χ3n) is 0.886. The van der Waals surface area contributed by atoms with Crippen molar-refractivity contribution in [2.45, 2.75) is 6.54 Å². The summed E-state index contributed by atoms with van der Waals surface area (Å²) in [5.74, 6) is 0.158. The molecule has 0 aliphatic rings. The normalized spacial score (nSPS) is 13.3. The first-order chi connectivity index (χ1) is 4.79. The molecule has 6 nitrogen and oxygen atoms in total. The average molecular weight is 162 g/mol. The summed E-state index contributed by atoms with van der Waals surface area (Å²) in [6, 6.07) is 0. The van der Waals surface area contributed by atoms with Crippen LogP contribution < -0.4 is 0 Å². The molecule has 0 fully saturated rings. The molecule has 56 valence electrons. The van der Waals surface area contributed by atoms with Gasteiger partial charge in [-0.1, -0.05) is 0 Å². The van der Waals surface area contributed by atoms with Crippen LogP contribution in [0.1, 0.15) is 0 Å². The average Bonchev–Trinajstić information content (AvgIpc) is 2.34. The Kier molecular flexibility index (Phi) is 2.46. The van der Waals surface area contributed by atoms with Crippen LogP contribution >= 0.6 is 0 Å². The molecule has 0 saturated carbocycles. The van der Waals surface area contributed by atoms with Crippen LogP contribution in [0, 0.1) is 0 Å². The maximum absolute atomic E-state index is 10.1. The van der Waals surface area contributed by atoms with Crippen LogP contribution in [-0.4, -0.2) is 34.7 Å². The summed E-state index contributed by atoms with van der Waals surface area (Å²) in [7, 11) is 0. The maximum atomic E-state index is 10.1. The summed E-state index contributed by atoms with van der Waals surface area (Å²) in [5, 5.41) is 10.2. The van der Waals surface area contributed by atoms with Gasteiger partial charge in [0.25, 0.3) is 0 Å². The highest BCUT2D eigenvalue weighted by Gasteiger charge is 1.95. The van der Waals surface area contributed by atoms with Crippen molar-refractivity contribution >= 4 is 11.1 Å². The molecule has 7 heteroatoms. The molecule has 0 aromatic carbocycles. The molecule has 0 aliphatic carbocycles. The Morgan fingerprint density at radius 1 is 1.70 bits per heavy atom. The molecule has 1 atom stereocenters. The third kappa shape index (κ3) is 2.19. The highest BCUT2D eigenvalue weighted by molar-refractivity contribution is 7.79. The topological polar surface area (TPSA) is 80.9 Å². The second kappa shape index (κ2) is 3.37. The molecular weight excluding hydrogens is 156 g/mol. The first-order valence-corrected chi connectivity index (χ1v) is 3.85. The van der Waals surface area contributed by atoms with E-state index in [-0.39, 0.29) is 5.75 Å². The SMILES string of the molecule is O=S(O)CCn1cnnn1. The van der Waals surface area contributed by atoms with Crippen LogP contribution in [0.4, 0.5) is 0 Å². The molecule has 0 radical (unpaired) electrons. The number of hydrogen-bond donors (Lipinski definition) is 1. The van der Waals surface area contributed by atoms with Crippen molar-refractivity contribution in [2.75, 3.05) is 5.75 Å². The number of aryl methyl sites for hydroxylation is 1. The fourth-order valence-electron chi connectivity index (χ4n) is 0.454. The molecule has 0 saturated heterocycles. The zero-order chi connectivity index (χ0) is 7.40. The minimum atomic E-state index is -1.77. The van der Waals surface area contributed by atoms with Crippen LogP contribution in [0.3, 0.4) is 0 Å². The number of hydrogen-bond acceptors (Lipinski definition) is 4. The summed E-state index contributed by atoms with van der Waals surface area (Å²) >= 11 is -1.77. The smallest absolute Gasteiger partial charge is 0.154 e. The molecular formula is C3H6N4O2S. The predicted octanol–water partition coefficient (Wildman–Crippen LogP) is -1.11. The summed E-state index contributed by atoms with van der Waals surface area (Å²) in [6.07, 6.45) is 1.40. The predicted molar refractivity (Wildman–Crippen MR) is 33.5 cm³/mol. The van der Waals surface area contributed by atoms with Gasteiger partial charge in [0.2, 0.25) is 0 Å². The Hall–Kier alpha value is -0.820. The van der Waals surface area contributed by atoms with E-state index in [1.165, 1.54) is 11.0 Å². The number of rotatable bonds is 3. The van der Waals surface area contributed by atoms with Gasteiger partial charge in [-0.3, -0.25) is 0 Å². The summed E-state index contributed by atoms with van der Waals surface area (Å²) in [5.41, 5.74) is 0. The molecule has 0 amide bonds. The summed E-state index contributed by atoms with van der Waals surface area (Å²) in [4.78, 5) is 0. The van der Waals surface area contributed by atoms with Crippen LogP contribution in [0.15, 0.2) is 6.33 Å². The van der Waals surface area contributed by atoms with Crippen LogP contribution in [-0.2, 0) is 17.6 Å². The van der Waals surface area contributed by atoms with Crippen molar-refractivity contribution in [3.05, 3.63) is 6.33 Å². The van der Waals surface area contributed by atoms with Crippen LogP contribution in [0.25, 0.3) is 0 Å². The van der Waals surface area contributed by atoms with Crippen molar-refractivity contribution in [3.63, 3.8) is 0 Å². The number of nitrogens with zero attached hydrogens (tertiary/aromatic N) is 4. The summed E-state index contributed by atoms with van der Waals surface area (Å²) < 4.78 is 19.9. The number of aromatic nitrogens is 4. The molecule has 1 aromatic rings.